The first-order valence-corrected chi connectivity index (χ1v) is 7.17. The lowest BCUT2D eigenvalue weighted by Gasteiger charge is -2.43. The molecule has 0 spiro atoms. The molecule has 9 atom stereocenters. The molecule has 0 saturated carbocycles. The number of rotatable bonds is 5. The van der Waals surface area contributed by atoms with Crippen LogP contribution in [0.1, 0.15) is 0 Å². The lowest BCUT2D eigenvalue weighted by atomic mass is 9.99. The Bertz CT molecular complexity index is 419. The highest BCUT2D eigenvalue weighted by Gasteiger charge is 2.59. The Morgan fingerprint density at radius 1 is 0.917 bits per heavy atom. The van der Waals surface area contributed by atoms with Crippen molar-refractivity contribution in [2.45, 2.75) is 61.1 Å². The van der Waals surface area contributed by atoms with Crippen LogP contribution < -0.4 is 0 Å². The molecule has 2 aliphatic rings. The molecule has 142 valence electrons. The smallest absolute Gasteiger partial charge is 0.224 e. The Hall–Kier alpha value is -0.480. The van der Waals surface area contributed by atoms with E-state index in [1.807, 2.05) is 0 Å². The highest BCUT2D eigenvalue weighted by molar-refractivity contribution is 4.99. The zero-order chi connectivity index (χ0) is 18.2. The molecule has 0 aromatic heterocycles. The third-order valence-corrected chi connectivity index (χ3v) is 4.12. The van der Waals surface area contributed by atoms with Crippen LogP contribution in [0.2, 0.25) is 0 Å². The fourth-order valence-corrected chi connectivity index (χ4v) is 2.67. The molecule has 0 bridgehead atoms. The molecule has 2 saturated heterocycles. The second kappa shape index (κ2) is 7.41. The number of hydrogen-bond donors (Lipinski definition) is 9. The number of ether oxygens (including phenoxy) is 3. The molecule has 0 unspecified atom stereocenters. The molecule has 2 fully saturated rings. The van der Waals surface area contributed by atoms with Crippen LogP contribution in [0.25, 0.3) is 0 Å². The molecule has 0 amide bonds. The van der Waals surface area contributed by atoms with E-state index in [0.717, 1.165) is 0 Å². The summed E-state index contributed by atoms with van der Waals surface area (Å²) in [5, 5.41) is 85.9. The van der Waals surface area contributed by atoms with Crippen LogP contribution in [-0.2, 0) is 14.2 Å². The van der Waals surface area contributed by atoms with E-state index in [2.05, 4.69) is 0 Å². The first kappa shape index (κ1) is 19.8. The van der Waals surface area contributed by atoms with Gasteiger partial charge in [0, 0.05) is 0 Å². The summed E-state index contributed by atoms with van der Waals surface area (Å²) < 4.78 is 15.2. The summed E-state index contributed by atoms with van der Waals surface area (Å²) in [7, 11) is 0. The van der Waals surface area contributed by atoms with Gasteiger partial charge in [0.1, 0.15) is 49.3 Å². The highest BCUT2D eigenvalue weighted by Crippen LogP contribution is 2.36. The Balaban J connectivity index is 2.20. The van der Waals surface area contributed by atoms with Gasteiger partial charge in [-0.2, -0.15) is 0 Å². The van der Waals surface area contributed by atoms with Crippen LogP contribution in [0.5, 0.6) is 0 Å². The van der Waals surface area contributed by atoms with Gasteiger partial charge in [0.2, 0.25) is 5.79 Å². The highest BCUT2D eigenvalue weighted by atomic mass is 16.8. The van der Waals surface area contributed by atoms with Crippen LogP contribution in [0.3, 0.4) is 0 Å². The quantitative estimate of drug-likeness (QED) is 0.210. The maximum Gasteiger partial charge on any atom is 0.224 e. The summed E-state index contributed by atoms with van der Waals surface area (Å²) in [6.45, 7) is -1.82. The normalized spacial score (nSPS) is 49.8. The fourth-order valence-electron chi connectivity index (χ4n) is 2.67. The number of aliphatic hydroxyl groups excluding tert-OH is 8. The van der Waals surface area contributed by atoms with E-state index >= 15 is 0 Å². The molecule has 0 aromatic rings. The maximum atomic E-state index is 10.0. The van der Waals surface area contributed by atoms with Crippen LogP contribution in [0.4, 0.5) is 0 Å². The molecule has 2 heterocycles. The fraction of sp³-hybridized carbons (Fsp3) is 1.00. The predicted octanol–water partition coefficient (Wildman–Crippen LogP) is -6.08. The molecule has 12 heteroatoms. The third kappa shape index (κ3) is 3.29. The summed E-state index contributed by atoms with van der Waals surface area (Å²) in [4.78, 5) is 0. The Kier molecular flexibility index (Phi) is 6.12. The van der Waals surface area contributed by atoms with Gasteiger partial charge in [0.25, 0.3) is 0 Å². The Morgan fingerprint density at radius 3 is 2.00 bits per heavy atom. The lowest BCUT2D eigenvalue weighted by molar-refractivity contribution is -0.387. The number of hydrogen-bond acceptors (Lipinski definition) is 12. The monoisotopic (exact) mass is 358 g/mol. The molecular weight excluding hydrogens is 336 g/mol. The van der Waals surface area contributed by atoms with Gasteiger partial charge >= 0.3 is 0 Å². The molecule has 9 N–H and O–H groups in total. The van der Waals surface area contributed by atoms with Crippen molar-refractivity contribution in [3.05, 3.63) is 0 Å². The van der Waals surface area contributed by atoms with Crippen molar-refractivity contribution in [1.82, 2.24) is 0 Å². The molecule has 2 rings (SSSR count). The molecule has 12 nitrogen and oxygen atoms in total. The Morgan fingerprint density at radius 2 is 1.54 bits per heavy atom. The van der Waals surface area contributed by atoms with Gasteiger partial charge in [-0.15, -0.1) is 0 Å². The van der Waals surface area contributed by atoms with E-state index in [1.54, 1.807) is 0 Å². The van der Waals surface area contributed by atoms with Gasteiger partial charge in [-0.3, -0.25) is 0 Å². The second-order valence-corrected chi connectivity index (χ2v) is 5.72. The second-order valence-electron chi connectivity index (χ2n) is 5.72. The molecule has 0 radical (unpaired) electrons. The lowest BCUT2D eigenvalue weighted by Crippen LogP contribution is -2.62. The minimum Gasteiger partial charge on any atom is -0.394 e. The van der Waals surface area contributed by atoms with Crippen molar-refractivity contribution < 1.29 is 60.2 Å². The topological polar surface area (TPSA) is 210 Å². The van der Waals surface area contributed by atoms with Gasteiger partial charge in [0.05, 0.1) is 6.61 Å². The van der Waals surface area contributed by atoms with E-state index in [9.17, 15) is 30.6 Å². The van der Waals surface area contributed by atoms with E-state index < -0.39 is 74.3 Å². The molecule has 2 aliphatic heterocycles. The average molecular weight is 358 g/mol. The minimum absolute atomic E-state index is 0.735. The summed E-state index contributed by atoms with van der Waals surface area (Å²) >= 11 is 0. The largest absolute Gasteiger partial charge is 0.394 e. The van der Waals surface area contributed by atoms with Crippen molar-refractivity contribution >= 4 is 0 Å². The van der Waals surface area contributed by atoms with Gasteiger partial charge in [-0.25, -0.2) is 0 Å². The van der Waals surface area contributed by atoms with Crippen molar-refractivity contribution in [2.24, 2.45) is 0 Å². The van der Waals surface area contributed by atoms with E-state index in [0.29, 0.717) is 0 Å². The van der Waals surface area contributed by atoms with Crippen LogP contribution in [-0.4, -0.2) is 120 Å². The van der Waals surface area contributed by atoms with E-state index in [1.165, 1.54) is 0 Å². The van der Waals surface area contributed by atoms with Crippen LogP contribution in [0.15, 0.2) is 0 Å². The van der Waals surface area contributed by atoms with Crippen molar-refractivity contribution in [1.29, 1.82) is 0 Å². The SMILES string of the molecule is OC[C@H]1O[C@H](O[C@]2(CO)O[C@H](C(O)O)[C@@H](O)[C@@H]2O)[C@H](O)[C@@H](O)[C@@H]1O. The summed E-state index contributed by atoms with van der Waals surface area (Å²) in [5.74, 6) is -2.40. The Labute approximate surface area is 135 Å². The zero-order valence-corrected chi connectivity index (χ0v) is 12.4. The van der Waals surface area contributed by atoms with Crippen molar-refractivity contribution in [3.8, 4) is 0 Å². The minimum atomic E-state index is -2.40. The van der Waals surface area contributed by atoms with Crippen molar-refractivity contribution in [3.63, 3.8) is 0 Å². The molecule has 0 aliphatic carbocycles. The summed E-state index contributed by atoms with van der Waals surface area (Å²) in [6.07, 6.45) is -16.1. The summed E-state index contributed by atoms with van der Waals surface area (Å²) in [6, 6.07) is 0. The van der Waals surface area contributed by atoms with Crippen LogP contribution in [0, 0.1) is 0 Å². The molecular formula is C12H22O12. The van der Waals surface area contributed by atoms with Crippen molar-refractivity contribution in [2.75, 3.05) is 13.2 Å². The van der Waals surface area contributed by atoms with Gasteiger partial charge in [0.15, 0.2) is 12.6 Å². The zero-order valence-electron chi connectivity index (χ0n) is 12.4. The van der Waals surface area contributed by atoms with E-state index in [-0.39, 0.29) is 0 Å². The maximum absolute atomic E-state index is 10.0. The van der Waals surface area contributed by atoms with Gasteiger partial charge in [-0.1, -0.05) is 0 Å². The molecule has 24 heavy (non-hydrogen) atoms. The predicted molar refractivity (Wildman–Crippen MR) is 69.8 cm³/mol. The van der Waals surface area contributed by atoms with Gasteiger partial charge < -0.3 is 60.2 Å². The number of aliphatic hydroxyl groups is 9. The third-order valence-electron chi connectivity index (χ3n) is 4.12. The first-order valence-electron chi connectivity index (χ1n) is 7.17. The van der Waals surface area contributed by atoms with Crippen LogP contribution >= 0.6 is 0 Å². The summed E-state index contributed by atoms with van der Waals surface area (Å²) in [5.41, 5.74) is 0. The van der Waals surface area contributed by atoms with Gasteiger partial charge in [-0.05, 0) is 0 Å². The molecule has 0 aromatic carbocycles. The standard InChI is InChI=1S/C12H22O12/c13-1-3-4(15)5(16)6(17)11(22-3)24-12(2-14)9(19)7(18)8(23-12)10(20)21/h3-11,13-21H,1-2H2/t3-,4-,5+,6-,7-,8+,9+,11-,12+/m1/s1. The average Bonchev–Trinajstić information content (AvgIpc) is 2.81. The van der Waals surface area contributed by atoms with E-state index in [4.69, 9.17) is 29.5 Å². The first-order chi connectivity index (χ1) is 11.2.